The molecular weight excluding hydrogens is 462 g/mol. The van der Waals surface area contributed by atoms with Crippen molar-refractivity contribution in [2.24, 2.45) is 5.92 Å². The van der Waals surface area contributed by atoms with Gasteiger partial charge in [0.15, 0.2) is 5.03 Å². The molecule has 2 heterocycles. The fourth-order valence-corrected chi connectivity index (χ4v) is 6.76. The van der Waals surface area contributed by atoms with Crippen molar-refractivity contribution in [3.63, 3.8) is 0 Å². The molecule has 1 saturated carbocycles. The fraction of sp³-hybridized carbons (Fsp3) is 0.481. The second-order valence-electron chi connectivity index (χ2n) is 9.76. The summed E-state index contributed by atoms with van der Waals surface area (Å²) in [6.07, 6.45) is 12.4. The number of likely N-dealkylation sites (tertiary alicyclic amines) is 1. The minimum Gasteiger partial charge on any atom is -0.490 e. The summed E-state index contributed by atoms with van der Waals surface area (Å²) in [6, 6.07) is 12.2. The molecule has 1 unspecified atom stereocenters. The number of carbonyl (C=O) groups is 1. The molecule has 5 rings (SSSR count). The average Bonchev–Trinajstić information content (AvgIpc) is 2.90. The molecule has 8 heteroatoms. The van der Waals surface area contributed by atoms with Crippen LogP contribution in [0.1, 0.15) is 68.1 Å². The molecular formula is C27H33N3O4S. The summed E-state index contributed by atoms with van der Waals surface area (Å²) in [5.41, 5.74) is 1.92. The van der Waals surface area contributed by atoms with Gasteiger partial charge in [0.1, 0.15) is 5.75 Å². The highest BCUT2D eigenvalue weighted by atomic mass is 32.2. The number of sulfonamides is 1. The molecule has 1 atom stereocenters. The number of pyridine rings is 1. The molecule has 1 aromatic carbocycles. The highest BCUT2D eigenvalue weighted by Crippen LogP contribution is 2.36. The highest BCUT2D eigenvalue weighted by Gasteiger charge is 2.31. The van der Waals surface area contributed by atoms with Crippen LogP contribution in [-0.2, 0) is 10.0 Å². The van der Waals surface area contributed by atoms with E-state index >= 15 is 0 Å². The van der Waals surface area contributed by atoms with E-state index in [1.807, 2.05) is 29.2 Å². The number of aromatic nitrogens is 1. The number of rotatable bonds is 6. The SMILES string of the molecule is O=C(c1ccc(O[C@H]2CC[C@@H](NS(=O)(=O)c3ccccn3)CC2)cc1)N1CCCC2CCCC=C21. The summed E-state index contributed by atoms with van der Waals surface area (Å²) in [7, 11) is -3.61. The van der Waals surface area contributed by atoms with Crippen molar-refractivity contribution in [1.82, 2.24) is 14.6 Å². The predicted octanol–water partition coefficient (Wildman–Crippen LogP) is 4.67. The molecule has 2 aliphatic carbocycles. The Morgan fingerprint density at radius 2 is 1.74 bits per heavy atom. The van der Waals surface area contributed by atoms with Crippen LogP contribution < -0.4 is 9.46 Å². The van der Waals surface area contributed by atoms with E-state index in [0.717, 1.165) is 38.0 Å². The van der Waals surface area contributed by atoms with Gasteiger partial charge in [0.2, 0.25) is 0 Å². The predicted molar refractivity (Wildman–Crippen MR) is 133 cm³/mol. The zero-order valence-electron chi connectivity index (χ0n) is 19.9. The van der Waals surface area contributed by atoms with Gasteiger partial charge in [0, 0.05) is 30.0 Å². The van der Waals surface area contributed by atoms with Crippen LogP contribution in [0, 0.1) is 5.92 Å². The first-order chi connectivity index (χ1) is 17.0. The Hall–Kier alpha value is -2.71. The minimum absolute atomic E-state index is 0.0300. The Bertz CT molecular complexity index is 1160. The molecule has 3 aliphatic rings. The van der Waals surface area contributed by atoms with Gasteiger partial charge in [-0.25, -0.2) is 18.1 Å². The van der Waals surface area contributed by atoms with E-state index in [1.165, 1.54) is 37.2 Å². The van der Waals surface area contributed by atoms with Gasteiger partial charge < -0.3 is 9.64 Å². The summed E-state index contributed by atoms with van der Waals surface area (Å²) in [5, 5.41) is 0.0489. The molecule has 0 spiro atoms. The Morgan fingerprint density at radius 1 is 0.971 bits per heavy atom. The Morgan fingerprint density at radius 3 is 2.49 bits per heavy atom. The summed E-state index contributed by atoms with van der Waals surface area (Å²) < 4.78 is 34.0. The number of nitrogens with zero attached hydrogens (tertiary/aromatic N) is 2. The number of hydrogen-bond donors (Lipinski definition) is 1. The number of piperidine rings is 1. The molecule has 2 aromatic rings. The molecule has 1 amide bonds. The monoisotopic (exact) mass is 495 g/mol. The lowest BCUT2D eigenvalue weighted by Gasteiger charge is -2.38. The maximum atomic E-state index is 13.2. The quantitative estimate of drug-likeness (QED) is 0.629. The number of hydrogen-bond acceptors (Lipinski definition) is 5. The molecule has 0 bridgehead atoms. The molecule has 1 aromatic heterocycles. The first-order valence-electron chi connectivity index (χ1n) is 12.7. The zero-order valence-corrected chi connectivity index (χ0v) is 20.8. The third-order valence-corrected chi connectivity index (χ3v) is 8.77. The van der Waals surface area contributed by atoms with Crippen LogP contribution in [0.5, 0.6) is 5.75 Å². The maximum Gasteiger partial charge on any atom is 0.258 e. The second-order valence-corrected chi connectivity index (χ2v) is 11.4. The van der Waals surface area contributed by atoms with Crippen molar-refractivity contribution < 1.29 is 17.9 Å². The lowest BCUT2D eigenvalue weighted by Crippen LogP contribution is -2.40. The van der Waals surface area contributed by atoms with Crippen molar-refractivity contribution in [3.8, 4) is 5.75 Å². The number of fused-ring (bicyclic) bond motifs is 1. The van der Waals surface area contributed by atoms with Gasteiger partial charge in [-0.05, 0) is 100 Å². The Balaban J connectivity index is 1.14. The third-order valence-electron chi connectivity index (χ3n) is 7.33. The van der Waals surface area contributed by atoms with Gasteiger partial charge in [-0.2, -0.15) is 0 Å². The van der Waals surface area contributed by atoms with Crippen molar-refractivity contribution in [3.05, 3.63) is 66.0 Å². The molecule has 1 aliphatic heterocycles. The van der Waals surface area contributed by atoms with E-state index in [1.54, 1.807) is 12.1 Å². The van der Waals surface area contributed by atoms with Crippen LogP contribution in [0.2, 0.25) is 0 Å². The first-order valence-corrected chi connectivity index (χ1v) is 14.2. The van der Waals surface area contributed by atoms with Crippen LogP contribution in [0.15, 0.2) is 65.5 Å². The van der Waals surface area contributed by atoms with Crippen LogP contribution in [0.3, 0.4) is 0 Å². The van der Waals surface area contributed by atoms with E-state index < -0.39 is 10.0 Å². The topological polar surface area (TPSA) is 88.6 Å². The number of amides is 1. The van der Waals surface area contributed by atoms with Crippen LogP contribution in [-0.4, -0.2) is 42.9 Å². The van der Waals surface area contributed by atoms with Gasteiger partial charge in [-0.15, -0.1) is 0 Å². The summed E-state index contributed by atoms with van der Waals surface area (Å²) >= 11 is 0. The van der Waals surface area contributed by atoms with Crippen LogP contribution in [0.4, 0.5) is 0 Å². The number of allylic oxidation sites excluding steroid dienone is 2. The number of nitrogens with one attached hydrogen (secondary N) is 1. The molecule has 1 saturated heterocycles. The standard InChI is InChI=1S/C27H33N3O4S/c31-27(30-19-5-7-20-6-1-2-8-25(20)30)21-10-14-23(15-11-21)34-24-16-12-22(13-17-24)29-35(32,33)26-9-3-4-18-28-26/h3-4,8-11,14-15,18,20,22,24,29H,1-2,5-7,12-13,16-17,19H2/t20?,22-,24+. The van der Waals surface area contributed by atoms with Crippen molar-refractivity contribution in [2.45, 2.75) is 75.0 Å². The fourth-order valence-electron chi connectivity index (χ4n) is 5.50. The largest absolute Gasteiger partial charge is 0.490 e. The van der Waals surface area contributed by atoms with Crippen molar-refractivity contribution in [1.29, 1.82) is 0 Å². The second kappa shape index (κ2) is 10.5. The van der Waals surface area contributed by atoms with Crippen molar-refractivity contribution >= 4 is 15.9 Å². The van der Waals surface area contributed by atoms with E-state index in [4.69, 9.17) is 4.74 Å². The normalized spacial score (nSPS) is 24.9. The third kappa shape index (κ3) is 5.59. The van der Waals surface area contributed by atoms with Crippen LogP contribution >= 0.6 is 0 Å². The summed E-state index contributed by atoms with van der Waals surface area (Å²) in [6.45, 7) is 0.798. The Labute approximate surface area is 207 Å². The zero-order chi connectivity index (χ0) is 24.3. The van der Waals surface area contributed by atoms with Gasteiger partial charge in [0.25, 0.3) is 15.9 Å². The van der Waals surface area contributed by atoms with E-state index in [-0.39, 0.29) is 23.1 Å². The molecule has 35 heavy (non-hydrogen) atoms. The summed E-state index contributed by atoms with van der Waals surface area (Å²) in [4.78, 5) is 19.1. The lowest BCUT2D eigenvalue weighted by atomic mass is 9.84. The molecule has 2 fully saturated rings. The highest BCUT2D eigenvalue weighted by molar-refractivity contribution is 7.89. The van der Waals surface area contributed by atoms with E-state index in [0.29, 0.717) is 24.3 Å². The number of carbonyl (C=O) groups excluding carboxylic acids is 1. The summed E-state index contributed by atoms with van der Waals surface area (Å²) in [5.74, 6) is 1.36. The average molecular weight is 496 g/mol. The molecule has 1 N–H and O–H groups in total. The maximum absolute atomic E-state index is 13.2. The lowest BCUT2D eigenvalue weighted by molar-refractivity contribution is 0.0748. The van der Waals surface area contributed by atoms with E-state index in [2.05, 4.69) is 15.8 Å². The molecule has 186 valence electrons. The van der Waals surface area contributed by atoms with Gasteiger partial charge in [0.05, 0.1) is 6.10 Å². The first kappa shape index (κ1) is 24.0. The Kier molecular flexibility index (Phi) is 7.20. The van der Waals surface area contributed by atoms with Gasteiger partial charge in [-0.3, -0.25) is 4.79 Å². The van der Waals surface area contributed by atoms with E-state index in [9.17, 15) is 13.2 Å². The molecule has 7 nitrogen and oxygen atoms in total. The van der Waals surface area contributed by atoms with Crippen LogP contribution in [0.25, 0.3) is 0 Å². The van der Waals surface area contributed by atoms with Crippen molar-refractivity contribution in [2.75, 3.05) is 6.54 Å². The number of benzene rings is 1. The van der Waals surface area contributed by atoms with Gasteiger partial charge >= 0.3 is 0 Å². The molecule has 0 radical (unpaired) electrons. The number of ether oxygens (including phenoxy) is 1. The minimum atomic E-state index is -3.61. The smallest absolute Gasteiger partial charge is 0.258 e. The van der Waals surface area contributed by atoms with Gasteiger partial charge in [-0.1, -0.05) is 12.1 Å².